The average molecular weight is 401 g/mol. The number of hydrogen-bond acceptors (Lipinski definition) is 4. The lowest BCUT2D eigenvalue weighted by atomic mass is 9.89. The molecule has 5 heteroatoms. The molecule has 2 unspecified atom stereocenters. The second-order valence-corrected chi connectivity index (χ2v) is 9.33. The van der Waals surface area contributed by atoms with E-state index in [1.54, 1.807) is 0 Å². The van der Waals surface area contributed by atoms with Gasteiger partial charge in [0.1, 0.15) is 5.75 Å². The first-order valence-electron chi connectivity index (χ1n) is 11.6. The standard InChI is InChI=1S/C24H36N2O3/c27-23-7-4-14-26(15-18-5-2-1-3-6-18)16-22(23)25-24(28)20-10-12-21(13-11-20)29-17-19-8-9-19/h10-13,18-19,22-23,27H,1-9,14-17H2,(H,25,28). The number of hydrogen-bond donors (Lipinski definition) is 2. The topological polar surface area (TPSA) is 61.8 Å². The van der Waals surface area contributed by atoms with Crippen LogP contribution in [0.5, 0.6) is 5.75 Å². The first-order valence-corrected chi connectivity index (χ1v) is 11.6. The van der Waals surface area contributed by atoms with Crippen LogP contribution >= 0.6 is 0 Å². The van der Waals surface area contributed by atoms with Crippen molar-refractivity contribution < 1.29 is 14.6 Å². The van der Waals surface area contributed by atoms with Gasteiger partial charge in [-0.3, -0.25) is 4.79 Å². The molecule has 2 N–H and O–H groups in total. The van der Waals surface area contributed by atoms with Crippen molar-refractivity contribution in [2.45, 2.75) is 69.9 Å². The largest absolute Gasteiger partial charge is 0.493 e. The van der Waals surface area contributed by atoms with E-state index in [1.807, 2.05) is 24.3 Å². The van der Waals surface area contributed by atoms with E-state index in [9.17, 15) is 9.90 Å². The Morgan fingerprint density at radius 2 is 1.76 bits per heavy atom. The Kier molecular flexibility index (Phi) is 7.09. The van der Waals surface area contributed by atoms with Gasteiger partial charge >= 0.3 is 0 Å². The fourth-order valence-electron chi connectivity index (χ4n) is 4.71. The molecule has 0 aromatic heterocycles. The van der Waals surface area contributed by atoms with Gasteiger partial charge < -0.3 is 20.1 Å². The highest BCUT2D eigenvalue weighted by Gasteiger charge is 2.29. The number of amides is 1. The molecule has 1 amide bonds. The molecule has 3 fully saturated rings. The third-order valence-corrected chi connectivity index (χ3v) is 6.75. The molecule has 1 heterocycles. The van der Waals surface area contributed by atoms with Crippen molar-refractivity contribution in [3.05, 3.63) is 29.8 Å². The smallest absolute Gasteiger partial charge is 0.251 e. The summed E-state index contributed by atoms with van der Waals surface area (Å²) >= 11 is 0. The van der Waals surface area contributed by atoms with Crippen molar-refractivity contribution in [1.82, 2.24) is 10.2 Å². The molecule has 3 aliphatic rings. The lowest BCUT2D eigenvalue weighted by Gasteiger charge is -2.31. The fraction of sp³-hybridized carbons (Fsp3) is 0.708. The molecule has 2 aliphatic carbocycles. The van der Waals surface area contributed by atoms with Gasteiger partial charge in [-0.25, -0.2) is 0 Å². The molecule has 5 nitrogen and oxygen atoms in total. The second-order valence-electron chi connectivity index (χ2n) is 9.33. The molecule has 29 heavy (non-hydrogen) atoms. The normalized spacial score (nSPS) is 26.7. The van der Waals surface area contributed by atoms with E-state index in [2.05, 4.69) is 10.2 Å². The lowest BCUT2D eigenvalue weighted by molar-refractivity contribution is 0.0789. The van der Waals surface area contributed by atoms with Crippen LogP contribution in [-0.2, 0) is 0 Å². The van der Waals surface area contributed by atoms with Gasteiger partial charge in [0.25, 0.3) is 5.91 Å². The molecule has 1 aliphatic heterocycles. The molecule has 4 rings (SSSR count). The highest BCUT2D eigenvalue weighted by molar-refractivity contribution is 5.94. The van der Waals surface area contributed by atoms with Crippen molar-refractivity contribution in [1.29, 1.82) is 0 Å². The molecule has 0 spiro atoms. The summed E-state index contributed by atoms with van der Waals surface area (Å²) in [6.07, 6.45) is 10.5. The Morgan fingerprint density at radius 1 is 1.00 bits per heavy atom. The third kappa shape index (κ3) is 6.19. The quantitative estimate of drug-likeness (QED) is 0.734. The van der Waals surface area contributed by atoms with E-state index in [4.69, 9.17) is 4.74 Å². The minimum absolute atomic E-state index is 0.109. The molecule has 1 aromatic carbocycles. The van der Waals surface area contributed by atoms with Crippen molar-refractivity contribution in [2.75, 3.05) is 26.2 Å². The molecule has 2 saturated carbocycles. The number of aliphatic hydroxyl groups is 1. The van der Waals surface area contributed by atoms with Crippen molar-refractivity contribution in [3.8, 4) is 5.75 Å². The zero-order valence-electron chi connectivity index (χ0n) is 17.5. The minimum Gasteiger partial charge on any atom is -0.493 e. The number of ether oxygens (including phenoxy) is 1. The van der Waals surface area contributed by atoms with Gasteiger partial charge in [0.2, 0.25) is 0 Å². The Hall–Kier alpha value is -1.59. The van der Waals surface area contributed by atoms with E-state index in [1.165, 1.54) is 44.9 Å². The summed E-state index contributed by atoms with van der Waals surface area (Å²) in [6.45, 7) is 3.64. The Bertz CT molecular complexity index is 653. The molecule has 0 radical (unpaired) electrons. The van der Waals surface area contributed by atoms with Crippen LogP contribution in [0.25, 0.3) is 0 Å². The Morgan fingerprint density at radius 3 is 2.48 bits per heavy atom. The van der Waals surface area contributed by atoms with Gasteiger partial charge in [0.05, 0.1) is 18.8 Å². The van der Waals surface area contributed by atoms with Crippen LogP contribution in [0.3, 0.4) is 0 Å². The number of rotatable bonds is 7. The summed E-state index contributed by atoms with van der Waals surface area (Å²) in [5, 5.41) is 13.7. The first kappa shape index (κ1) is 20.7. The third-order valence-electron chi connectivity index (χ3n) is 6.75. The SMILES string of the molecule is O=C(NC1CN(CC2CCCCC2)CCCC1O)c1ccc(OCC2CC2)cc1. The number of nitrogens with one attached hydrogen (secondary N) is 1. The van der Waals surface area contributed by atoms with Crippen molar-refractivity contribution in [3.63, 3.8) is 0 Å². The Balaban J connectivity index is 1.30. The van der Waals surface area contributed by atoms with Crippen LogP contribution in [0.15, 0.2) is 24.3 Å². The van der Waals surface area contributed by atoms with Gasteiger partial charge in [-0.15, -0.1) is 0 Å². The highest BCUT2D eigenvalue weighted by atomic mass is 16.5. The van der Waals surface area contributed by atoms with E-state index in [0.717, 1.165) is 50.8 Å². The summed E-state index contributed by atoms with van der Waals surface area (Å²) in [7, 11) is 0. The fourth-order valence-corrected chi connectivity index (χ4v) is 4.71. The average Bonchev–Trinajstić information content (AvgIpc) is 3.58. The predicted octanol–water partition coefficient (Wildman–Crippen LogP) is 3.61. The highest BCUT2D eigenvalue weighted by Crippen LogP contribution is 2.29. The van der Waals surface area contributed by atoms with Gasteiger partial charge in [-0.2, -0.15) is 0 Å². The maximum absolute atomic E-state index is 12.8. The van der Waals surface area contributed by atoms with Crippen LogP contribution in [0.2, 0.25) is 0 Å². The second kappa shape index (κ2) is 9.94. The number of nitrogens with zero attached hydrogens (tertiary/aromatic N) is 1. The zero-order chi connectivity index (χ0) is 20.1. The maximum atomic E-state index is 12.8. The predicted molar refractivity (Wildman–Crippen MR) is 114 cm³/mol. The monoisotopic (exact) mass is 400 g/mol. The van der Waals surface area contributed by atoms with Gasteiger partial charge in [-0.05, 0) is 81.2 Å². The van der Waals surface area contributed by atoms with Crippen LogP contribution in [0.1, 0.15) is 68.1 Å². The van der Waals surface area contributed by atoms with Gasteiger partial charge in [0.15, 0.2) is 0 Å². The molecule has 0 bridgehead atoms. The Labute approximate surface area is 174 Å². The molecule has 160 valence electrons. The summed E-state index contributed by atoms with van der Waals surface area (Å²) in [6, 6.07) is 7.17. The summed E-state index contributed by atoms with van der Waals surface area (Å²) in [4.78, 5) is 15.2. The first-order chi connectivity index (χ1) is 14.2. The molecule has 1 aromatic rings. The van der Waals surface area contributed by atoms with Crippen molar-refractivity contribution in [2.24, 2.45) is 11.8 Å². The number of benzene rings is 1. The summed E-state index contributed by atoms with van der Waals surface area (Å²) < 4.78 is 5.76. The van der Waals surface area contributed by atoms with Crippen molar-refractivity contribution >= 4 is 5.91 Å². The number of aliphatic hydroxyl groups excluding tert-OH is 1. The number of carbonyl (C=O) groups excluding carboxylic acids is 1. The maximum Gasteiger partial charge on any atom is 0.251 e. The van der Waals surface area contributed by atoms with E-state index < -0.39 is 6.10 Å². The minimum atomic E-state index is -0.476. The number of likely N-dealkylation sites (tertiary alicyclic amines) is 1. The summed E-state index contributed by atoms with van der Waals surface area (Å²) in [5.41, 5.74) is 0.624. The van der Waals surface area contributed by atoms with Crippen LogP contribution in [-0.4, -0.2) is 54.3 Å². The van der Waals surface area contributed by atoms with Crippen LogP contribution in [0, 0.1) is 11.8 Å². The lowest BCUT2D eigenvalue weighted by Crippen LogP contribution is -2.49. The zero-order valence-corrected chi connectivity index (χ0v) is 17.5. The van der Waals surface area contributed by atoms with Gasteiger partial charge in [-0.1, -0.05) is 19.3 Å². The van der Waals surface area contributed by atoms with Gasteiger partial charge in [0, 0.05) is 18.7 Å². The van der Waals surface area contributed by atoms with E-state index in [-0.39, 0.29) is 11.9 Å². The summed E-state index contributed by atoms with van der Waals surface area (Å²) in [5.74, 6) is 2.20. The molecule has 1 saturated heterocycles. The molecular weight excluding hydrogens is 364 g/mol. The number of carbonyl (C=O) groups is 1. The van der Waals surface area contributed by atoms with E-state index >= 15 is 0 Å². The molecule has 2 atom stereocenters. The van der Waals surface area contributed by atoms with Crippen LogP contribution < -0.4 is 10.1 Å². The van der Waals surface area contributed by atoms with E-state index in [0.29, 0.717) is 11.5 Å². The van der Waals surface area contributed by atoms with Crippen LogP contribution in [0.4, 0.5) is 0 Å². The molecular formula is C24H36N2O3.